The molecule has 5 nitrogen and oxygen atoms in total. The number of benzene rings is 1. The van der Waals surface area contributed by atoms with Gasteiger partial charge in [-0.2, -0.15) is 0 Å². The van der Waals surface area contributed by atoms with Crippen LogP contribution in [0.5, 0.6) is 0 Å². The average Bonchev–Trinajstić information content (AvgIpc) is 2.52. The Labute approximate surface area is 132 Å². The molecule has 126 valence electrons. The number of carboxylic acids is 1. The van der Waals surface area contributed by atoms with Gasteiger partial charge in [0.05, 0.1) is 12.3 Å². The fraction of sp³-hybridized carbons (Fsp3) is 0.500. The second-order valence-electron chi connectivity index (χ2n) is 5.62. The van der Waals surface area contributed by atoms with Crippen LogP contribution in [0.1, 0.15) is 18.4 Å². The summed E-state index contributed by atoms with van der Waals surface area (Å²) in [7, 11) is 0. The van der Waals surface area contributed by atoms with Gasteiger partial charge in [-0.1, -0.05) is 6.07 Å². The van der Waals surface area contributed by atoms with Gasteiger partial charge in [-0.25, -0.2) is 8.78 Å². The molecule has 2 N–H and O–H groups in total. The molecule has 7 heteroatoms. The molecule has 23 heavy (non-hydrogen) atoms. The van der Waals surface area contributed by atoms with Crippen LogP contribution in [0.15, 0.2) is 18.2 Å². The zero-order valence-electron chi connectivity index (χ0n) is 12.6. The Hall–Kier alpha value is -2.02. The van der Waals surface area contributed by atoms with Crippen molar-refractivity contribution in [2.24, 2.45) is 11.8 Å². The smallest absolute Gasteiger partial charge is 0.308 e. The standard InChI is InChI=1S/C16H19F2NO4/c17-13-2-1-10(7-14(13)18)8-15(20)19-9-12(16(21)22)11-3-5-23-6-4-11/h1-2,7,11-12H,3-6,8-9H2,(H,19,20)(H,21,22). The lowest BCUT2D eigenvalue weighted by Gasteiger charge is -2.27. The molecule has 0 aromatic heterocycles. The first-order chi connectivity index (χ1) is 11.0. The monoisotopic (exact) mass is 327 g/mol. The number of carboxylic acid groups (broad SMARTS) is 1. The van der Waals surface area contributed by atoms with Crippen LogP contribution in [-0.4, -0.2) is 36.7 Å². The molecule has 0 aliphatic carbocycles. The normalized spacial score (nSPS) is 16.8. The fourth-order valence-corrected chi connectivity index (χ4v) is 2.70. The minimum Gasteiger partial charge on any atom is -0.481 e. The summed E-state index contributed by atoms with van der Waals surface area (Å²) in [5.41, 5.74) is 0.333. The molecule has 1 amide bonds. The van der Waals surface area contributed by atoms with E-state index in [0.717, 1.165) is 12.1 Å². The third-order valence-electron chi connectivity index (χ3n) is 4.02. The lowest BCUT2D eigenvalue weighted by molar-refractivity contribution is -0.144. The summed E-state index contributed by atoms with van der Waals surface area (Å²) in [5, 5.41) is 11.9. The molecule has 1 aromatic rings. The Bertz CT molecular complexity index is 573. The fourth-order valence-electron chi connectivity index (χ4n) is 2.70. The molecule has 1 aromatic carbocycles. The number of carbonyl (C=O) groups excluding carboxylic acids is 1. The van der Waals surface area contributed by atoms with Gasteiger partial charge in [0.15, 0.2) is 11.6 Å². The quantitative estimate of drug-likeness (QED) is 0.835. The van der Waals surface area contributed by atoms with Crippen LogP contribution in [0.3, 0.4) is 0 Å². The Morgan fingerprint density at radius 3 is 2.57 bits per heavy atom. The van der Waals surface area contributed by atoms with Crippen LogP contribution in [0, 0.1) is 23.5 Å². The van der Waals surface area contributed by atoms with Gasteiger partial charge in [-0.15, -0.1) is 0 Å². The number of rotatable bonds is 6. The highest BCUT2D eigenvalue weighted by Gasteiger charge is 2.29. The first kappa shape index (κ1) is 17.3. The summed E-state index contributed by atoms with van der Waals surface area (Å²) >= 11 is 0. The van der Waals surface area contributed by atoms with Gasteiger partial charge in [0.1, 0.15) is 0 Å². The lowest BCUT2D eigenvalue weighted by atomic mass is 9.86. The largest absolute Gasteiger partial charge is 0.481 e. The van der Waals surface area contributed by atoms with Gasteiger partial charge < -0.3 is 15.2 Å². The van der Waals surface area contributed by atoms with E-state index in [9.17, 15) is 23.5 Å². The van der Waals surface area contributed by atoms with Crippen LogP contribution < -0.4 is 5.32 Å². The van der Waals surface area contributed by atoms with Crippen molar-refractivity contribution in [2.45, 2.75) is 19.3 Å². The average molecular weight is 327 g/mol. The summed E-state index contributed by atoms with van der Waals surface area (Å²) in [6.07, 6.45) is 1.17. The van der Waals surface area contributed by atoms with Crippen molar-refractivity contribution in [1.29, 1.82) is 0 Å². The summed E-state index contributed by atoms with van der Waals surface area (Å²) in [6, 6.07) is 3.24. The Balaban J connectivity index is 1.88. The molecule has 0 bridgehead atoms. The highest BCUT2D eigenvalue weighted by molar-refractivity contribution is 5.79. The first-order valence-electron chi connectivity index (χ1n) is 7.48. The van der Waals surface area contributed by atoms with Gasteiger partial charge in [-0.3, -0.25) is 9.59 Å². The number of hydrogen-bond acceptors (Lipinski definition) is 3. The molecule has 1 aliphatic heterocycles. The summed E-state index contributed by atoms with van der Waals surface area (Å²) in [4.78, 5) is 23.2. The highest BCUT2D eigenvalue weighted by Crippen LogP contribution is 2.23. The molecule has 0 radical (unpaired) electrons. The van der Waals surface area contributed by atoms with Gasteiger partial charge in [0, 0.05) is 19.8 Å². The second-order valence-corrected chi connectivity index (χ2v) is 5.62. The zero-order chi connectivity index (χ0) is 16.8. The van der Waals surface area contributed by atoms with Crippen molar-refractivity contribution in [3.05, 3.63) is 35.4 Å². The maximum atomic E-state index is 13.1. The van der Waals surface area contributed by atoms with Crippen molar-refractivity contribution in [3.63, 3.8) is 0 Å². The van der Waals surface area contributed by atoms with E-state index in [4.69, 9.17) is 4.74 Å². The van der Waals surface area contributed by atoms with Crippen molar-refractivity contribution in [2.75, 3.05) is 19.8 Å². The number of amides is 1. The summed E-state index contributed by atoms with van der Waals surface area (Å²) in [5.74, 6) is -4.07. The number of halogens is 2. The summed E-state index contributed by atoms with van der Waals surface area (Å²) in [6.45, 7) is 1.07. The maximum Gasteiger partial charge on any atom is 0.308 e. The van der Waals surface area contributed by atoms with E-state index in [1.807, 2.05) is 0 Å². The van der Waals surface area contributed by atoms with Gasteiger partial charge >= 0.3 is 5.97 Å². The van der Waals surface area contributed by atoms with E-state index in [1.54, 1.807) is 0 Å². The minimum absolute atomic E-state index is 0.0164. The molecular weight excluding hydrogens is 308 g/mol. The number of aliphatic carboxylic acids is 1. The molecule has 0 saturated carbocycles. The Morgan fingerprint density at radius 2 is 1.96 bits per heavy atom. The van der Waals surface area contributed by atoms with E-state index >= 15 is 0 Å². The molecule has 1 atom stereocenters. The minimum atomic E-state index is -1.01. The molecule has 2 rings (SSSR count). The van der Waals surface area contributed by atoms with Crippen molar-refractivity contribution >= 4 is 11.9 Å². The molecular formula is C16H19F2NO4. The van der Waals surface area contributed by atoms with Crippen LogP contribution in [0.4, 0.5) is 8.78 Å². The third kappa shape index (κ3) is 4.99. The van der Waals surface area contributed by atoms with E-state index in [2.05, 4.69) is 5.32 Å². The van der Waals surface area contributed by atoms with Crippen molar-refractivity contribution in [3.8, 4) is 0 Å². The van der Waals surface area contributed by atoms with Crippen LogP contribution >= 0.6 is 0 Å². The van der Waals surface area contributed by atoms with E-state index in [-0.39, 0.29) is 18.9 Å². The molecule has 1 aliphatic rings. The molecule has 1 fully saturated rings. The van der Waals surface area contributed by atoms with Crippen LogP contribution in [0.2, 0.25) is 0 Å². The number of carbonyl (C=O) groups is 2. The lowest BCUT2D eigenvalue weighted by Crippen LogP contribution is -2.39. The van der Waals surface area contributed by atoms with Gasteiger partial charge in [0.2, 0.25) is 5.91 Å². The number of hydrogen-bond donors (Lipinski definition) is 2. The number of ether oxygens (including phenoxy) is 1. The zero-order valence-corrected chi connectivity index (χ0v) is 12.6. The predicted molar refractivity (Wildman–Crippen MR) is 77.7 cm³/mol. The number of nitrogens with one attached hydrogen (secondary N) is 1. The van der Waals surface area contributed by atoms with Gasteiger partial charge in [-0.05, 0) is 36.5 Å². The second kappa shape index (κ2) is 8.01. The Morgan fingerprint density at radius 1 is 1.26 bits per heavy atom. The van der Waals surface area contributed by atoms with Crippen LogP contribution in [-0.2, 0) is 20.7 Å². The van der Waals surface area contributed by atoms with Crippen LogP contribution in [0.25, 0.3) is 0 Å². The Kier molecular flexibility index (Phi) is 6.04. The van der Waals surface area contributed by atoms with Crippen molar-refractivity contribution < 1.29 is 28.2 Å². The molecule has 1 heterocycles. The molecule has 0 spiro atoms. The first-order valence-corrected chi connectivity index (χ1v) is 7.48. The van der Waals surface area contributed by atoms with E-state index in [1.165, 1.54) is 6.07 Å². The highest BCUT2D eigenvalue weighted by atomic mass is 19.2. The van der Waals surface area contributed by atoms with Gasteiger partial charge in [0.25, 0.3) is 0 Å². The van der Waals surface area contributed by atoms with E-state index in [0.29, 0.717) is 31.6 Å². The molecule has 1 saturated heterocycles. The van der Waals surface area contributed by atoms with E-state index < -0.39 is 29.4 Å². The van der Waals surface area contributed by atoms with Crippen molar-refractivity contribution in [1.82, 2.24) is 5.32 Å². The third-order valence-corrected chi connectivity index (χ3v) is 4.02. The SMILES string of the molecule is O=C(Cc1ccc(F)c(F)c1)NCC(C(=O)O)C1CCOCC1. The summed E-state index contributed by atoms with van der Waals surface area (Å²) < 4.78 is 31.1. The topological polar surface area (TPSA) is 75.6 Å². The molecule has 1 unspecified atom stereocenters. The predicted octanol–water partition coefficient (Wildman–Crippen LogP) is 1.75. The maximum absolute atomic E-state index is 13.1.